The van der Waals surface area contributed by atoms with E-state index in [4.69, 9.17) is 5.26 Å². The number of rotatable bonds is 2. The van der Waals surface area contributed by atoms with Crippen LogP contribution in [-0.4, -0.2) is 26.3 Å². The second kappa shape index (κ2) is 6.90. The first kappa shape index (κ1) is 16.2. The molecule has 0 amide bonds. The van der Waals surface area contributed by atoms with Crippen molar-refractivity contribution in [2.45, 2.75) is 6.54 Å². The van der Waals surface area contributed by atoms with E-state index in [9.17, 15) is 4.79 Å². The van der Waals surface area contributed by atoms with Gasteiger partial charge in [0, 0.05) is 6.54 Å². The van der Waals surface area contributed by atoms with Gasteiger partial charge in [0.25, 0.3) is 0 Å². The zero-order chi connectivity index (χ0) is 17.9. The largest absolute Gasteiger partial charge is 0.359 e. The number of aromatic nitrogens is 2. The summed E-state index contributed by atoms with van der Waals surface area (Å²) >= 11 is 1.50. The van der Waals surface area contributed by atoms with E-state index in [2.05, 4.69) is 26.6 Å². The van der Waals surface area contributed by atoms with E-state index in [1.807, 2.05) is 36.4 Å². The molecule has 1 aliphatic heterocycles. The number of H-pyrrole nitrogens is 1. The third kappa shape index (κ3) is 3.12. The minimum absolute atomic E-state index is 0.213. The van der Waals surface area contributed by atoms with Crippen LogP contribution in [0.3, 0.4) is 0 Å². The Labute approximate surface area is 153 Å². The maximum atomic E-state index is 12.2. The number of hydrogen-bond donors (Lipinski definition) is 2. The normalized spacial score (nSPS) is 13.8. The van der Waals surface area contributed by atoms with Crippen LogP contribution in [0.5, 0.6) is 0 Å². The van der Waals surface area contributed by atoms with Gasteiger partial charge in [0.15, 0.2) is 11.0 Å². The highest BCUT2D eigenvalue weighted by molar-refractivity contribution is 8.14. The van der Waals surface area contributed by atoms with Gasteiger partial charge in [0.1, 0.15) is 0 Å². The highest BCUT2D eigenvalue weighted by Gasteiger charge is 2.16. The Morgan fingerprint density at radius 1 is 1.19 bits per heavy atom. The van der Waals surface area contributed by atoms with Gasteiger partial charge in [-0.05, 0) is 29.8 Å². The number of para-hydroxylation sites is 2. The fraction of sp³-hybridized carbons (Fsp3) is 0.111. The van der Waals surface area contributed by atoms with Gasteiger partial charge in [0.2, 0.25) is 0 Å². The highest BCUT2D eigenvalue weighted by Crippen LogP contribution is 2.15. The monoisotopic (exact) mass is 362 g/mol. The SMILES string of the molecule is N#Cc1ccc(CNC2=NN=C(n3c(=O)[nH]c4ccccc43)CS2)cc1. The van der Waals surface area contributed by atoms with E-state index in [1.54, 1.807) is 16.7 Å². The molecule has 4 rings (SSSR count). The van der Waals surface area contributed by atoms with Crippen LogP contribution < -0.4 is 11.0 Å². The summed E-state index contributed by atoms with van der Waals surface area (Å²) < 4.78 is 1.56. The molecule has 1 aromatic heterocycles. The molecule has 0 spiro atoms. The van der Waals surface area contributed by atoms with Crippen molar-refractivity contribution >= 4 is 33.8 Å². The Hall–Kier alpha value is -3.31. The van der Waals surface area contributed by atoms with Gasteiger partial charge in [0.05, 0.1) is 28.4 Å². The molecule has 2 heterocycles. The van der Waals surface area contributed by atoms with E-state index in [1.165, 1.54) is 11.8 Å². The minimum Gasteiger partial charge on any atom is -0.359 e. The maximum Gasteiger partial charge on any atom is 0.332 e. The maximum absolute atomic E-state index is 12.2. The first-order valence-electron chi connectivity index (χ1n) is 7.95. The fourth-order valence-corrected chi connectivity index (χ4v) is 3.40. The van der Waals surface area contributed by atoms with Crippen molar-refractivity contribution in [2.75, 3.05) is 5.75 Å². The summed E-state index contributed by atoms with van der Waals surface area (Å²) in [6, 6.07) is 17.0. The van der Waals surface area contributed by atoms with Gasteiger partial charge in [-0.1, -0.05) is 36.0 Å². The minimum atomic E-state index is -0.213. The average molecular weight is 362 g/mol. The van der Waals surface area contributed by atoms with Crippen molar-refractivity contribution < 1.29 is 0 Å². The van der Waals surface area contributed by atoms with E-state index < -0.39 is 0 Å². The van der Waals surface area contributed by atoms with Gasteiger partial charge in [-0.3, -0.25) is 0 Å². The molecule has 2 aromatic carbocycles. The van der Waals surface area contributed by atoms with Crippen LogP contribution in [0.4, 0.5) is 0 Å². The smallest absolute Gasteiger partial charge is 0.332 e. The van der Waals surface area contributed by atoms with Crippen LogP contribution >= 0.6 is 11.8 Å². The number of benzene rings is 2. The van der Waals surface area contributed by atoms with Gasteiger partial charge in [-0.25, -0.2) is 9.36 Å². The number of hydrogen-bond acceptors (Lipinski definition) is 6. The molecule has 0 bridgehead atoms. The molecular weight excluding hydrogens is 348 g/mol. The number of nitrogens with zero attached hydrogens (tertiary/aromatic N) is 4. The van der Waals surface area contributed by atoms with Gasteiger partial charge in [-0.15, -0.1) is 10.2 Å². The highest BCUT2D eigenvalue weighted by atomic mass is 32.2. The predicted molar refractivity (Wildman–Crippen MR) is 103 cm³/mol. The summed E-state index contributed by atoms with van der Waals surface area (Å²) in [7, 11) is 0. The summed E-state index contributed by atoms with van der Waals surface area (Å²) in [6.45, 7) is 0.593. The molecule has 0 radical (unpaired) electrons. The number of nitriles is 1. The average Bonchev–Trinajstić information content (AvgIpc) is 3.03. The number of thioether (sulfide) groups is 1. The molecule has 7 nitrogen and oxygen atoms in total. The molecule has 0 fully saturated rings. The van der Waals surface area contributed by atoms with Gasteiger partial charge < -0.3 is 10.3 Å². The Morgan fingerprint density at radius 3 is 2.73 bits per heavy atom. The summed E-state index contributed by atoms with van der Waals surface area (Å²) in [5.41, 5.74) is 3.04. The molecular formula is C18H14N6OS. The van der Waals surface area contributed by atoms with Gasteiger partial charge >= 0.3 is 5.69 Å². The summed E-state index contributed by atoms with van der Waals surface area (Å²) in [6.07, 6.45) is 0. The Morgan fingerprint density at radius 2 is 2.00 bits per heavy atom. The quantitative estimate of drug-likeness (QED) is 0.730. The fourth-order valence-electron chi connectivity index (χ4n) is 2.68. The standard InChI is InChI=1S/C18H14N6OS/c19-9-12-5-7-13(8-6-12)10-20-17-23-22-16(11-26-17)24-15-4-2-1-3-14(15)21-18(24)25/h1-8H,10-11H2,(H,20,23)(H,21,25). The summed E-state index contributed by atoms with van der Waals surface area (Å²) in [5, 5.41) is 21.2. The van der Waals surface area contributed by atoms with Crippen LogP contribution in [0.25, 0.3) is 11.0 Å². The van der Waals surface area contributed by atoms with Crippen LogP contribution in [0, 0.1) is 11.3 Å². The number of imidazole rings is 1. The lowest BCUT2D eigenvalue weighted by Gasteiger charge is -2.14. The van der Waals surface area contributed by atoms with Crippen molar-refractivity contribution in [1.29, 1.82) is 5.26 Å². The summed E-state index contributed by atoms with van der Waals surface area (Å²) in [4.78, 5) is 15.0. The van der Waals surface area contributed by atoms with Crippen LogP contribution in [0.15, 0.2) is 63.5 Å². The molecule has 1 aliphatic rings. The number of amidine groups is 1. The number of aromatic amines is 1. The molecule has 0 unspecified atom stereocenters. The lowest BCUT2D eigenvalue weighted by Crippen LogP contribution is -2.30. The molecule has 2 N–H and O–H groups in total. The van der Waals surface area contributed by atoms with Crippen molar-refractivity contribution in [3.8, 4) is 6.07 Å². The Bertz CT molecular complexity index is 1120. The number of fused-ring (bicyclic) bond motifs is 1. The molecule has 0 atom stereocenters. The molecule has 8 heteroatoms. The van der Waals surface area contributed by atoms with Crippen LogP contribution in [0.2, 0.25) is 0 Å². The van der Waals surface area contributed by atoms with E-state index in [0.29, 0.717) is 28.9 Å². The van der Waals surface area contributed by atoms with Crippen molar-refractivity contribution in [1.82, 2.24) is 14.9 Å². The van der Waals surface area contributed by atoms with Crippen LogP contribution in [-0.2, 0) is 6.54 Å². The van der Waals surface area contributed by atoms with E-state index >= 15 is 0 Å². The van der Waals surface area contributed by atoms with Crippen LogP contribution in [0.1, 0.15) is 11.1 Å². The zero-order valence-corrected chi connectivity index (χ0v) is 14.5. The van der Waals surface area contributed by atoms with Crippen molar-refractivity contribution in [3.05, 3.63) is 70.1 Å². The lowest BCUT2D eigenvalue weighted by molar-refractivity contribution is 0.915. The molecule has 0 saturated heterocycles. The van der Waals surface area contributed by atoms with E-state index in [0.717, 1.165) is 16.6 Å². The summed E-state index contributed by atoms with van der Waals surface area (Å²) in [5.74, 6) is 1.14. The van der Waals surface area contributed by atoms with Crippen molar-refractivity contribution in [3.63, 3.8) is 0 Å². The van der Waals surface area contributed by atoms with Gasteiger partial charge in [-0.2, -0.15) is 5.26 Å². The Balaban J connectivity index is 1.51. The zero-order valence-electron chi connectivity index (χ0n) is 13.6. The molecule has 128 valence electrons. The lowest BCUT2D eigenvalue weighted by atomic mass is 10.1. The number of nitrogens with one attached hydrogen (secondary N) is 2. The molecule has 26 heavy (non-hydrogen) atoms. The first-order valence-corrected chi connectivity index (χ1v) is 8.93. The van der Waals surface area contributed by atoms with E-state index in [-0.39, 0.29) is 5.69 Å². The predicted octanol–water partition coefficient (Wildman–Crippen LogP) is 2.26. The first-order chi connectivity index (χ1) is 12.7. The third-order valence-electron chi connectivity index (χ3n) is 3.97. The van der Waals surface area contributed by atoms with Crippen molar-refractivity contribution in [2.24, 2.45) is 10.2 Å². The molecule has 0 aliphatic carbocycles. The topological polar surface area (TPSA) is 98.3 Å². The third-order valence-corrected chi connectivity index (χ3v) is 4.87. The molecule has 0 saturated carbocycles. The Kier molecular flexibility index (Phi) is 4.29. The molecule has 3 aromatic rings. The second-order valence-corrected chi connectivity index (χ2v) is 6.62. The second-order valence-electron chi connectivity index (χ2n) is 5.66.